The van der Waals surface area contributed by atoms with Crippen molar-refractivity contribution in [3.05, 3.63) is 65.5 Å². The van der Waals surface area contributed by atoms with Gasteiger partial charge in [-0.25, -0.2) is 0 Å². The molecular formula is C18H24N2. The van der Waals surface area contributed by atoms with Gasteiger partial charge < -0.3 is 5.32 Å². The van der Waals surface area contributed by atoms with E-state index < -0.39 is 0 Å². The Hall–Kier alpha value is -1.67. The second-order valence-electron chi connectivity index (χ2n) is 5.41. The molecule has 2 heteroatoms. The Bertz CT molecular complexity index is 491. The van der Waals surface area contributed by atoms with E-state index in [-0.39, 0.29) is 0 Å². The maximum Gasteiger partial charge on any atom is 0.0300 e. The average Bonchev–Trinajstić information content (AvgIpc) is 2.48. The zero-order chi connectivity index (χ0) is 14.2. The molecule has 1 unspecified atom stereocenters. The first-order valence-corrected chi connectivity index (χ1v) is 7.45. The van der Waals surface area contributed by atoms with E-state index in [2.05, 4.69) is 54.5 Å². The van der Waals surface area contributed by atoms with Crippen LogP contribution >= 0.6 is 0 Å². The molecule has 0 aliphatic heterocycles. The normalized spacial score (nSPS) is 12.3. The van der Waals surface area contributed by atoms with E-state index >= 15 is 0 Å². The number of nitrogens with one attached hydrogen (secondary N) is 1. The fourth-order valence-electron chi connectivity index (χ4n) is 2.38. The molecule has 1 atom stereocenters. The zero-order valence-corrected chi connectivity index (χ0v) is 12.5. The summed E-state index contributed by atoms with van der Waals surface area (Å²) in [5.41, 5.74) is 4.01. The topological polar surface area (TPSA) is 24.9 Å². The van der Waals surface area contributed by atoms with Crippen LogP contribution in [0.5, 0.6) is 0 Å². The van der Waals surface area contributed by atoms with Crippen LogP contribution in [0.15, 0.2) is 48.8 Å². The molecule has 0 bridgehead atoms. The van der Waals surface area contributed by atoms with Crippen LogP contribution in [-0.4, -0.2) is 17.6 Å². The molecule has 2 rings (SSSR count). The van der Waals surface area contributed by atoms with Gasteiger partial charge in [0.05, 0.1) is 0 Å². The summed E-state index contributed by atoms with van der Waals surface area (Å²) in [5.74, 6) is 0. The molecule has 0 saturated heterocycles. The maximum absolute atomic E-state index is 4.21. The lowest BCUT2D eigenvalue weighted by Gasteiger charge is -2.19. The number of benzene rings is 1. The molecule has 2 nitrogen and oxygen atoms in total. The standard InChI is InChI=1S/C18H24N2/c1-3-10-20-18(13-17-5-4-11-19-14-17)12-16-8-6-15(2)7-9-16/h4-9,11,14,18,20H,3,10,12-13H2,1-2H3. The molecule has 1 heterocycles. The summed E-state index contributed by atoms with van der Waals surface area (Å²) < 4.78 is 0. The second kappa shape index (κ2) is 7.81. The highest BCUT2D eigenvalue weighted by atomic mass is 14.9. The van der Waals surface area contributed by atoms with E-state index in [9.17, 15) is 0 Å². The van der Waals surface area contributed by atoms with Crippen LogP contribution < -0.4 is 5.32 Å². The molecule has 2 aromatic rings. The first kappa shape index (κ1) is 14.7. The first-order chi connectivity index (χ1) is 9.78. The van der Waals surface area contributed by atoms with Gasteiger partial charge in [0.15, 0.2) is 0 Å². The Labute approximate surface area is 122 Å². The fourth-order valence-corrected chi connectivity index (χ4v) is 2.38. The van der Waals surface area contributed by atoms with Gasteiger partial charge in [0.1, 0.15) is 0 Å². The summed E-state index contributed by atoms with van der Waals surface area (Å²) >= 11 is 0. The lowest BCUT2D eigenvalue weighted by molar-refractivity contribution is 0.504. The van der Waals surface area contributed by atoms with Gasteiger partial charge in [0.2, 0.25) is 0 Å². The smallest absolute Gasteiger partial charge is 0.0300 e. The van der Waals surface area contributed by atoms with Gasteiger partial charge in [-0.2, -0.15) is 0 Å². The largest absolute Gasteiger partial charge is 0.313 e. The zero-order valence-electron chi connectivity index (χ0n) is 12.5. The van der Waals surface area contributed by atoms with Crippen molar-refractivity contribution < 1.29 is 0 Å². The van der Waals surface area contributed by atoms with Crippen LogP contribution in [0.1, 0.15) is 30.0 Å². The number of pyridine rings is 1. The lowest BCUT2D eigenvalue weighted by atomic mass is 9.99. The summed E-state index contributed by atoms with van der Waals surface area (Å²) in [6, 6.07) is 13.5. The number of rotatable bonds is 7. The van der Waals surface area contributed by atoms with Crippen molar-refractivity contribution in [2.45, 2.75) is 39.2 Å². The number of aryl methyl sites for hydroxylation is 1. The van der Waals surface area contributed by atoms with E-state index in [0.717, 1.165) is 25.8 Å². The third-order valence-corrected chi connectivity index (χ3v) is 3.49. The number of hydrogen-bond acceptors (Lipinski definition) is 2. The van der Waals surface area contributed by atoms with Gasteiger partial charge in [-0.1, -0.05) is 42.8 Å². The van der Waals surface area contributed by atoms with E-state index in [4.69, 9.17) is 0 Å². The number of nitrogens with zero attached hydrogens (tertiary/aromatic N) is 1. The van der Waals surface area contributed by atoms with Crippen molar-refractivity contribution in [1.29, 1.82) is 0 Å². The van der Waals surface area contributed by atoms with Gasteiger partial charge in [-0.15, -0.1) is 0 Å². The minimum absolute atomic E-state index is 0.474. The highest BCUT2D eigenvalue weighted by molar-refractivity contribution is 5.22. The Morgan fingerprint density at radius 1 is 1.05 bits per heavy atom. The van der Waals surface area contributed by atoms with Crippen LogP contribution in [0.4, 0.5) is 0 Å². The predicted molar refractivity (Wildman–Crippen MR) is 84.9 cm³/mol. The molecule has 0 amide bonds. The lowest BCUT2D eigenvalue weighted by Crippen LogP contribution is -2.33. The molecule has 0 saturated carbocycles. The van der Waals surface area contributed by atoms with Crippen molar-refractivity contribution in [2.75, 3.05) is 6.54 Å². The van der Waals surface area contributed by atoms with E-state index in [1.54, 1.807) is 0 Å². The monoisotopic (exact) mass is 268 g/mol. The molecule has 1 N–H and O–H groups in total. The van der Waals surface area contributed by atoms with Gasteiger partial charge in [0, 0.05) is 18.4 Å². The summed E-state index contributed by atoms with van der Waals surface area (Å²) in [5, 5.41) is 3.65. The molecule has 1 aromatic carbocycles. The summed E-state index contributed by atoms with van der Waals surface area (Å²) in [6.45, 7) is 5.41. The van der Waals surface area contributed by atoms with Crippen LogP contribution in [0.25, 0.3) is 0 Å². The Balaban J connectivity index is 2.01. The Kier molecular flexibility index (Phi) is 5.75. The van der Waals surface area contributed by atoms with Crippen molar-refractivity contribution in [1.82, 2.24) is 10.3 Å². The molecule has 0 fully saturated rings. The van der Waals surface area contributed by atoms with Crippen LogP contribution in [0.3, 0.4) is 0 Å². The first-order valence-electron chi connectivity index (χ1n) is 7.45. The highest BCUT2D eigenvalue weighted by Crippen LogP contribution is 2.10. The molecule has 20 heavy (non-hydrogen) atoms. The van der Waals surface area contributed by atoms with Gasteiger partial charge in [-0.3, -0.25) is 4.98 Å². The summed E-state index contributed by atoms with van der Waals surface area (Å²) in [4.78, 5) is 4.21. The molecular weight excluding hydrogens is 244 g/mol. The summed E-state index contributed by atoms with van der Waals surface area (Å²) in [6.07, 6.45) is 7.06. The number of hydrogen-bond donors (Lipinski definition) is 1. The van der Waals surface area contributed by atoms with Crippen molar-refractivity contribution in [3.63, 3.8) is 0 Å². The van der Waals surface area contributed by atoms with Crippen molar-refractivity contribution >= 4 is 0 Å². The van der Waals surface area contributed by atoms with Crippen LogP contribution in [0, 0.1) is 6.92 Å². The Morgan fingerprint density at radius 2 is 1.80 bits per heavy atom. The van der Waals surface area contributed by atoms with Crippen LogP contribution in [0.2, 0.25) is 0 Å². The quantitative estimate of drug-likeness (QED) is 0.830. The number of aromatic nitrogens is 1. The maximum atomic E-state index is 4.21. The minimum atomic E-state index is 0.474. The Morgan fingerprint density at radius 3 is 2.45 bits per heavy atom. The molecule has 0 aliphatic carbocycles. The van der Waals surface area contributed by atoms with Crippen molar-refractivity contribution in [3.8, 4) is 0 Å². The highest BCUT2D eigenvalue weighted by Gasteiger charge is 2.10. The average molecular weight is 268 g/mol. The predicted octanol–water partition coefficient (Wildman–Crippen LogP) is 3.54. The van der Waals surface area contributed by atoms with E-state index in [0.29, 0.717) is 6.04 Å². The molecule has 1 aromatic heterocycles. The molecule has 0 aliphatic rings. The SMILES string of the molecule is CCCNC(Cc1ccc(C)cc1)Cc1cccnc1. The van der Waals surface area contributed by atoms with Gasteiger partial charge in [0.25, 0.3) is 0 Å². The van der Waals surface area contributed by atoms with Gasteiger partial charge >= 0.3 is 0 Å². The second-order valence-corrected chi connectivity index (χ2v) is 5.41. The third kappa shape index (κ3) is 4.78. The minimum Gasteiger partial charge on any atom is -0.313 e. The molecule has 0 spiro atoms. The van der Waals surface area contributed by atoms with Gasteiger partial charge in [-0.05, 0) is 49.9 Å². The van der Waals surface area contributed by atoms with Crippen LogP contribution in [-0.2, 0) is 12.8 Å². The third-order valence-electron chi connectivity index (χ3n) is 3.49. The van der Waals surface area contributed by atoms with E-state index in [1.807, 2.05) is 18.5 Å². The fraction of sp³-hybridized carbons (Fsp3) is 0.389. The summed E-state index contributed by atoms with van der Waals surface area (Å²) in [7, 11) is 0. The van der Waals surface area contributed by atoms with E-state index in [1.165, 1.54) is 16.7 Å². The molecule has 0 radical (unpaired) electrons. The van der Waals surface area contributed by atoms with Crippen molar-refractivity contribution in [2.24, 2.45) is 0 Å². The molecule has 106 valence electrons.